The van der Waals surface area contributed by atoms with E-state index in [4.69, 9.17) is 9.59 Å². The molecule has 0 saturated carbocycles. The molecule has 2 aliphatic heterocycles. The second-order valence-corrected chi connectivity index (χ2v) is 9.25. The molecule has 1 N–H and O–H groups in total. The highest BCUT2D eigenvalue weighted by Crippen LogP contribution is 2.30. The molecule has 13 heteroatoms. The van der Waals surface area contributed by atoms with Gasteiger partial charge in [0.25, 0.3) is 11.6 Å². The molecular weight excluding hydrogens is 470 g/mol. The van der Waals surface area contributed by atoms with Gasteiger partial charge >= 0.3 is 10.1 Å². The van der Waals surface area contributed by atoms with Crippen LogP contribution in [0.4, 0.5) is 5.69 Å². The van der Waals surface area contributed by atoms with Crippen LogP contribution in [0.1, 0.15) is 18.9 Å². The highest BCUT2D eigenvalue weighted by atomic mass is 32.2. The molecule has 0 fully saturated rings. The lowest BCUT2D eigenvalue weighted by Crippen LogP contribution is -2.35. The van der Waals surface area contributed by atoms with Crippen molar-refractivity contribution in [2.24, 2.45) is 10.1 Å². The SMILES string of the molecule is CCC1=NN2C(=N)/C(=C\c3ccc(OS(=O)(=O)c4ccccc4[N+](=O)[O-])cc3)C(=O)N=C2S1. The number of carbonyl (C=O) groups excluding carboxylic acids is 1. The minimum atomic E-state index is -4.45. The maximum absolute atomic E-state index is 12.5. The van der Waals surface area contributed by atoms with Crippen LogP contribution in [0.5, 0.6) is 5.75 Å². The number of hydrazone groups is 1. The quantitative estimate of drug-likeness (QED) is 0.282. The van der Waals surface area contributed by atoms with Crippen molar-refractivity contribution in [2.45, 2.75) is 18.2 Å². The highest BCUT2D eigenvalue weighted by Gasteiger charge is 2.35. The summed E-state index contributed by atoms with van der Waals surface area (Å²) in [7, 11) is -4.45. The largest absolute Gasteiger partial charge is 0.379 e. The Hall–Kier alpha value is -3.84. The van der Waals surface area contributed by atoms with Gasteiger partial charge in [-0.05, 0) is 48.0 Å². The van der Waals surface area contributed by atoms with E-state index in [0.29, 0.717) is 17.2 Å². The van der Waals surface area contributed by atoms with E-state index >= 15 is 0 Å². The number of rotatable bonds is 6. The number of carbonyl (C=O) groups is 1. The fraction of sp³-hybridized carbons (Fsp3) is 0.100. The van der Waals surface area contributed by atoms with Crippen LogP contribution in [-0.2, 0) is 14.9 Å². The number of amides is 1. The second kappa shape index (κ2) is 8.60. The van der Waals surface area contributed by atoms with Gasteiger partial charge in [0.15, 0.2) is 10.7 Å². The minimum Gasteiger partial charge on any atom is -0.379 e. The summed E-state index contributed by atoms with van der Waals surface area (Å²) < 4.78 is 30.1. The van der Waals surface area contributed by atoms with E-state index in [-0.39, 0.29) is 17.2 Å². The summed E-state index contributed by atoms with van der Waals surface area (Å²) >= 11 is 1.24. The Morgan fingerprint density at radius 3 is 2.58 bits per heavy atom. The molecule has 11 nitrogen and oxygen atoms in total. The smallest absolute Gasteiger partial charge is 0.346 e. The maximum atomic E-state index is 12.5. The first-order valence-corrected chi connectivity index (χ1v) is 11.7. The van der Waals surface area contributed by atoms with Crippen LogP contribution in [0, 0.1) is 15.5 Å². The van der Waals surface area contributed by atoms with E-state index < -0.39 is 31.5 Å². The van der Waals surface area contributed by atoms with Gasteiger partial charge in [0.05, 0.1) is 10.5 Å². The number of para-hydroxylation sites is 1. The summed E-state index contributed by atoms with van der Waals surface area (Å²) in [6.45, 7) is 1.91. The molecule has 2 aliphatic rings. The monoisotopic (exact) mass is 485 g/mol. The first-order chi connectivity index (χ1) is 15.7. The van der Waals surface area contributed by atoms with E-state index in [9.17, 15) is 23.3 Å². The number of nitrogens with one attached hydrogen (secondary N) is 1. The van der Waals surface area contributed by atoms with Gasteiger partial charge in [-0.15, -0.1) is 0 Å². The van der Waals surface area contributed by atoms with Gasteiger partial charge in [0, 0.05) is 6.07 Å². The Bertz CT molecular complexity index is 1380. The van der Waals surface area contributed by atoms with Crippen molar-refractivity contribution in [2.75, 3.05) is 0 Å². The molecule has 0 radical (unpaired) electrons. The Morgan fingerprint density at radius 2 is 1.91 bits per heavy atom. The van der Waals surface area contributed by atoms with Crippen LogP contribution >= 0.6 is 11.8 Å². The predicted molar refractivity (Wildman–Crippen MR) is 123 cm³/mol. The molecule has 2 heterocycles. The normalized spacial score (nSPS) is 17.0. The number of benzene rings is 2. The topological polar surface area (TPSA) is 155 Å². The first kappa shape index (κ1) is 22.4. The van der Waals surface area contributed by atoms with Gasteiger partial charge in [-0.3, -0.25) is 20.3 Å². The van der Waals surface area contributed by atoms with Crippen molar-refractivity contribution in [3.05, 3.63) is 69.8 Å². The van der Waals surface area contributed by atoms with Crippen molar-refractivity contribution in [3.8, 4) is 5.75 Å². The number of nitrogens with zero attached hydrogens (tertiary/aromatic N) is 4. The molecule has 4 rings (SSSR count). The highest BCUT2D eigenvalue weighted by molar-refractivity contribution is 8.26. The van der Waals surface area contributed by atoms with Gasteiger partial charge < -0.3 is 4.18 Å². The third-order valence-electron chi connectivity index (χ3n) is 4.53. The molecule has 0 saturated heterocycles. The summed E-state index contributed by atoms with van der Waals surface area (Å²) in [5.74, 6) is -0.764. The standard InChI is InChI=1S/C20H15N5O6S2/c1-2-17-23-24-18(21)14(19(26)22-20(24)32-17)11-12-7-9-13(10-8-12)31-33(29,30)16-6-4-3-5-15(16)25(27)28/h3-11,21H,2H2,1H3/b14-11+,21-18?. The van der Waals surface area contributed by atoms with Crippen LogP contribution < -0.4 is 4.18 Å². The number of fused-ring (bicyclic) bond motifs is 1. The lowest BCUT2D eigenvalue weighted by molar-refractivity contribution is -0.387. The van der Waals surface area contributed by atoms with E-state index in [1.165, 1.54) is 59.2 Å². The number of hydrogen-bond acceptors (Lipinski definition) is 9. The molecule has 1 amide bonds. The van der Waals surface area contributed by atoms with Crippen molar-refractivity contribution in [3.63, 3.8) is 0 Å². The molecule has 0 bridgehead atoms. The number of amidine groups is 2. The Morgan fingerprint density at radius 1 is 1.21 bits per heavy atom. The minimum absolute atomic E-state index is 0.0293. The predicted octanol–water partition coefficient (Wildman–Crippen LogP) is 3.39. The molecule has 0 aromatic heterocycles. The van der Waals surface area contributed by atoms with Crippen molar-refractivity contribution in [1.29, 1.82) is 5.41 Å². The maximum Gasteiger partial charge on any atom is 0.346 e. The number of hydrogen-bond donors (Lipinski definition) is 1. The molecule has 2 aromatic carbocycles. The van der Waals surface area contributed by atoms with Gasteiger partial charge in [0.2, 0.25) is 5.17 Å². The molecule has 0 unspecified atom stereocenters. The Kier molecular flexibility index (Phi) is 5.82. The lowest BCUT2D eigenvalue weighted by Gasteiger charge is -2.20. The average Bonchev–Trinajstić information content (AvgIpc) is 3.21. The molecule has 2 aromatic rings. The Balaban J connectivity index is 1.57. The summed E-state index contributed by atoms with van der Waals surface area (Å²) in [6.07, 6.45) is 2.09. The van der Waals surface area contributed by atoms with E-state index in [1.54, 1.807) is 0 Å². The molecule has 168 valence electrons. The summed E-state index contributed by atoms with van der Waals surface area (Å²) in [5.41, 5.74) is -0.0764. The van der Waals surface area contributed by atoms with Gasteiger partial charge in [-0.25, -0.2) is 0 Å². The fourth-order valence-electron chi connectivity index (χ4n) is 2.95. The molecule has 0 spiro atoms. The van der Waals surface area contributed by atoms with Crippen LogP contribution in [0.3, 0.4) is 0 Å². The van der Waals surface area contributed by atoms with Crippen LogP contribution in [-0.4, -0.2) is 40.3 Å². The third-order valence-corrected chi connectivity index (χ3v) is 6.88. The Labute approximate surface area is 192 Å². The lowest BCUT2D eigenvalue weighted by atomic mass is 10.1. The summed E-state index contributed by atoms with van der Waals surface area (Å²) in [4.78, 5) is 26.1. The number of aliphatic imine (C=N–C) groups is 1. The zero-order chi connectivity index (χ0) is 23.8. The van der Waals surface area contributed by atoms with Crippen LogP contribution in [0.2, 0.25) is 0 Å². The van der Waals surface area contributed by atoms with Crippen LogP contribution in [0.15, 0.2) is 69.1 Å². The average molecular weight is 486 g/mol. The van der Waals surface area contributed by atoms with Gasteiger partial charge in [-0.2, -0.15) is 23.5 Å². The second-order valence-electron chi connectivity index (χ2n) is 6.70. The molecule has 0 aliphatic carbocycles. The van der Waals surface area contributed by atoms with Crippen molar-refractivity contribution in [1.82, 2.24) is 5.01 Å². The van der Waals surface area contributed by atoms with E-state index in [2.05, 4.69) is 10.1 Å². The summed E-state index contributed by atoms with van der Waals surface area (Å²) in [5, 5.41) is 26.1. The van der Waals surface area contributed by atoms with E-state index in [0.717, 1.165) is 17.2 Å². The van der Waals surface area contributed by atoms with Crippen LogP contribution in [0.25, 0.3) is 6.08 Å². The van der Waals surface area contributed by atoms with E-state index in [1.807, 2.05) is 6.92 Å². The van der Waals surface area contributed by atoms with Gasteiger partial charge in [-0.1, -0.05) is 31.2 Å². The fourth-order valence-corrected chi connectivity index (χ4v) is 4.87. The third kappa shape index (κ3) is 4.40. The first-order valence-electron chi connectivity index (χ1n) is 9.46. The zero-order valence-corrected chi connectivity index (χ0v) is 18.6. The molecule has 0 atom stereocenters. The van der Waals surface area contributed by atoms with Gasteiger partial charge in [0.1, 0.15) is 10.8 Å². The zero-order valence-electron chi connectivity index (χ0n) is 17.0. The number of nitro benzene ring substituents is 1. The molecule has 33 heavy (non-hydrogen) atoms. The number of nitro groups is 1. The summed E-state index contributed by atoms with van der Waals surface area (Å²) in [6, 6.07) is 10.5. The number of thioether (sulfide) groups is 1. The van der Waals surface area contributed by atoms with Crippen molar-refractivity contribution >= 4 is 55.6 Å². The molecular formula is C20H15N5O6S2. The van der Waals surface area contributed by atoms with Crippen molar-refractivity contribution < 1.29 is 22.3 Å².